The summed E-state index contributed by atoms with van der Waals surface area (Å²) in [7, 11) is 0. The van der Waals surface area contributed by atoms with E-state index in [0.29, 0.717) is 22.5 Å². The zero-order valence-electron chi connectivity index (χ0n) is 23.7. The molecule has 5 nitrogen and oxygen atoms in total. The minimum Gasteiger partial charge on any atom is -0.456 e. The highest BCUT2D eigenvalue weighted by molar-refractivity contribution is 6.38. The van der Waals surface area contributed by atoms with Crippen molar-refractivity contribution >= 4 is 55.5 Å². The van der Waals surface area contributed by atoms with E-state index in [9.17, 15) is 0 Å². The molecule has 0 fully saturated rings. The maximum atomic E-state index is 6.75. The summed E-state index contributed by atoms with van der Waals surface area (Å²) < 4.78 is 12.9. The largest absolute Gasteiger partial charge is 0.456 e. The van der Waals surface area contributed by atoms with Crippen LogP contribution in [0.3, 0.4) is 0 Å². The number of hydrogen-bond acceptors (Lipinski definition) is 5. The summed E-state index contributed by atoms with van der Waals surface area (Å²) in [6.45, 7) is 0. The van der Waals surface area contributed by atoms with E-state index in [0.717, 1.165) is 71.7 Å². The Kier molecular flexibility index (Phi) is 5.80. The summed E-state index contributed by atoms with van der Waals surface area (Å²) in [5.74, 6) is 1.78. The molecular formula is C39H22ClN3O2. The zero-order chi connectivity index (χ0) is 29.9. The van der Waals surface area contributed by atoms with Gasteiger partial charge in [0.2, 0.25) is 0 Å². The molecule has 3 aromatic heterocycles. The van der Waals surface area contributed by atoms with Gasteiger partial charge in [-0.2, -0.15) is 0 Å². The van der Waals surface area contributed by atoms with E-state index in [-0.39, 0.29) is 0 Å². The molecule has 0 bridgehead atoms. The van der Waals surface area contributed by atoms with Gasteiger partial charge in [0.25, 0.3) is 0 Å². The van der Waals surface area contributed by atoms with Crippen molar-refractivity contribution in [2.45, 2.75) is 0 Å². The molecule has 6 aromatic carbocycles. The molecule has 9 rings (SSSR count). The van der Waals surface area contributed by atoms with Crippen molar-refractivity contribution in [2.75, 3.05) is 0 Å². The Balaban J connectivity index is 1.36. The molecule has 0 aliphatic rings. The summed E-state index contributed by atoms with van der Waals surface area (Å²) >= 11 is 6.75. The molecule has 6 heteroatoms. The highest BCUT2D eigenvalue weighted by atomic mass is 35.5. The van der Waals surface area contributed by atoms with Gasteiger partial charge in [0.05, 0.1) is 5.02 Å². The van der Waals surface area contributed by atoms with Gasteiger partial charge in [-0.1, -0.05) is 109 Å². The van der Waals surface area contributed by atoms with Crippen LogP contribution in [0.5, 0.6) is 0 Å². The Morgan fingerprint density at radius 1 is 0.400 bits per heavy atom. The van der Waals surface area contributed by atoms with Crippen molar-refractivity contribution < 1.29 is 8.83 Å². The number of para-hydroxylation sites is 1. The molecule has 212 valence electrons. The van der Waals surface area contributed by atoms with Gasteiger partial charge in [0.15, 0.2) is 17.5 Å². The molecule has 0 saturated heterocycles. The maximum absolute atomic E-state index is 6.75. The molecule has 0 aliphatic carbocycles. The van der Waals surface area contributed by atoms with E-state index >= 15 is 0 Å². The van der Waals surface area contributed by atoms with Crippen LogP contribution in [0.4, 0.5) is 0 Å². The topological polar surface area (TPSA) is 65.0 Å². The lowest BCUT2D eigenvalue weighted by atomic mass is 9.95. The van der Waals surface area contributed by atoms with E-state index in [2.05, 4.69) is 24.3 Å². The summed E-state index contributed by atoms with van der Waals surface area (Å²) in [5, 5.41) is 4.39. The molecule has 3 heterocycles. The zero-order valence-corrected chi connectivity index (χ0v) is 24.5. The standard InChI is InChI=1S/C39H22ClN3O2/c40-29-17-10-20-32-35(29)34-25(16-9-19-31(34)44-32)26-21-22-28(33-27-15-7-8-18-30(27)45-36(26)33)39-42-37(23-11-3-1-4-12-23)41-38(43-39)24-13-5-2-6-14-24/h1-22H. The second kappa shape index (κ2) is 10.2. The van der Waals surface area contributed by atoms with Crippen molar-refractivity contribution in [3.05, 3.63) is 138 Å². The molecule has 0 saturated carbocycles. The normalized spacial score (nSPS) is 11.7. The third-order valence-electron chi connectivity index (χ3n) is 8.23. The molecule has 0 spiro atoms. The Morgan fingerprint density at radius 2 is 0.978 bits per heavy atom. The van der Waals surface area contributed by atoms with Gasteiger partial charge in [0.1, 0.15) is 22.3 Å². The van der Waals surface area contributed by atoms with Crippen LogP contribution in [0, 0.1) is 0 Å². The van der Waals surface area contributed by atoms with Gasteiger partial charge in [-0.25, -0.2) is 15.0 Å². The Morgan fingerprint density at radius 3 is 1.71 bits per heavy atom. The van der Waals surface area contributed by atoms with Crippen molar-refractivity contribution in [2.24, 2.45) is 0 Å². The SMILES string of the molecule is Clc1cccc2oc3cccc(-c4ccc(-c5nc(-c6ccccc6)nc(-c6ccccc6)n5)c5c4oc4ccccc45)c3c12. The molecule has 0 radical (unpaired) electrons. The summed E-state index contributed by atoms with van der Waals surface area (Å²) in [4.78, 5) is 15.0. The lowest BCUT2D eigenvalue weighted by Crippen LogP contribution is -2.00. The number of fused-ring (bicyclic) bond motifs is 6. The molecule has 0 amide bonds. The molecule has 9 aromatic rings. The molecule has 45 heavy (non-hydrogen) atoms. The fraction of sp³-hybridized carbons (Fsp3) is 0. The van der Waals surface area contributed by atoms with Gasteiger partial charge in [-0.05, 0) is 42.0 Å². The highest BCUT2D eigenvalue weighted by Crippen LogP contribution is 2.45. The first kappa shape index (κ1) is 25.7. The predicted octanol–water partition coefficient (Wildman–Crippen LogP) is 11.0. The van der Waals surface area contributed by atoms with Crippen LogP contribution in [0.15, 0.2) is 142 Å². The maximum Gasteiger partial charge on any atom is 0.164 e. The fourth-order valence-electron chi connectivity index (χ4n) is 6.20. The van der Waals surface area contributed by atoms with Gasteiger partial charge in [-0.3, -0.25) is 0 Å². The lowest BCUT2D eigenvalue weighted by molar-refractivity contribution is 0.668. The van der Waals surface area contributed by atoms with Crippen molar-refractivity contribution in [1.29, 1.82) is 0 Å². The van der Waals surface area contributed by atoms with Crippen LogP contribution in [-0.4, -0.2) is 15.0 Å². The number of nitrogens with zero attached hydrogens (tertiary/aromatic N) is 3. The number of furan rings is 2. The van der Waals surface area contributed by atoms with E-state index in [4.69, 9.17) is 35.4 Å². The second-order valence-electron chi connectivity index (χ2n) is 10.9. The van der Waals surface area contributed by atoms with E-state index < -0.39 is 0 Å². The van der Waals surface area contributed by atoms with Crippen LogP contribution in [-0.2, 0) is 0 Å². The number of benzene rings is 6. The van der Waals surface area contributed by atoms with Crippen molar-refractivity contribution in [3.63, 3.8) is 0 Å². The fourth-order valence-corrected chi connectivity index (χ4v) is 6.47. The molecular weight excluding hydrogens is 578 g/mol. The van der Waals surface area contributed by atoms with Gasteiger partial charge in [-0.15, -0.1) is 0 Å². The third kappa shape index (κ3) is 4.13. The van der Waals surface area contributed by atoms with Crippen LogP contribution in [0.1, 0.15) is 0 Å². The number of aromatic nitrogens is 3. The summed E-state index contributed by atoms with van der Waals surface area (Å²) in [6, 6.07) is 44.0. The van der Waals surface area contributed by atoms with E-state index in [1.165, 1.54) is 0 Å². The first-order chi connectivity index (χ1) is 22.2. The molecule has 0 unspecified atom stereocenters. The Hall–Kier alpha value is -5.78. The average Bonchev–Trinajstić information content (AvgIpc) is 3.68. The smallest absolute Gasteiger partial charge is 0.164 e. The molecule has 0 atom stereocenters. The lowest BCUT2D eigenvalue weighted by Gasteiger charge is -2.11. The van der Waals surface area contributed by atoms with Crippen LogP contribution in [0.25, 0.3) is 89.2 Å². The minimum atomic E-state index is 0.570. The van der Waals surface area contributed by atoms with Gasteiger partial charge in [0, 0.05) is 43.8 Å². The highest BCUT2D eigenvalue weighted by Gasteiger charge is 2.23. The van der Waals surface area contributed by atoms with Crippen LogP contribution < -0.4 is 0 Å². The quantitative estimate of drug-likeness (QED) is 0.201. The minimum absolute atomic E-state index is 0.570. The van der Waals surface area contributed by atoms with Gasteiger partial charge < -0.3 is 8.83 Å². The number of halogens is 1. The summed E-state index contributed by atoms with van der Waals surface area (Å²) in [6.07, 6.45) is 0. The second-order valence-corrected chi connectivity index (χ2v) is 11.3. The number of hydrogen-bond donors (Lipinski definition) is 0. The van der Waals surface area contributed by atoms with Crippen LogP contribution >= 0.6 is 11.6 Å². The molecule has 0 N–H and O–H groups in total. The Labute approximate surface area is 262 Å². The predicted molar refractivity (Wildman–Crippen MR) is 181 cm³/mol. The third-order valence-corrected chi connectivity index (χ3v) is 8.54. The van der Waals surface area contributed by atoms with E-state index in [1.807, 2.05) is 109 Å². The van der Waals surface area contributed by atoms with Crippen molar-refractivity contribution in [3.8, 4) is 45.3 Å². The van der Waals surface area contributed by atoms with E-state index in [1.54, 1.807) is 0 Å². The van der Waals surface area contributed by atoms with Crippen LogP contribution in [0.2, 0.25) is 5.02 Å². The molecule has 0 aliphatic heterocycles. The first-order valence-corrected chi connectivity index (χ1v) is 15.0. The Bertz CT molecular complexity index is 2500. The average molecular weight is 600 g/mol. The first-order valence-electron chi connectivity index (χ1n) is 14.6. The van der Waals surface area contributed by atoms with Crippen molar-refractivity contribution in [1.82, 2.24) is 15.0 Å². The van der Waals surface area contributed by atoms with Gasteiger partial charge >= 0.3 is 0 Å². The summed E-state index contributed by atoms with van der Waals surface area (Å²) in [5.41, 5.74) is 7.62. The number of rotatable bonds is 4. The monoisotopic (exact) mass is 599 g/mol.